The summed E-state index contributed by atoms with van der Waals surface area (Å²) >= 11 is 0. The van der Waals surface area contributed by atoms with Crippen LogP contribution in [0.25, 0.3) is 11.4 Å². The summed E-state index contributed by atoms with van der Waals surface area (Å²) in [5.74, 6) is 0.454. The Labute approximate surface area is 116 Å². The lowest BCUT2D eigenvalue weighted by Crippen LogP contribution is -2.05. The lowest BCUT2D eigenvalue weighted by atomic mass is 10.2. The molecule has 0 aliphatic rings. The van der Waals surface area contributed by atoms with Gasteiger partial charge in [0.25, 0.3) is 0 Å². The van der Waals surface area contributed by atoms with E-state index >= 15 is 0 Å². The lowest BCUT2D eigenvalue weighted by molar-refractivity contribution is -0.136. The van der Waals surface area contributed by atoms with Crippen LogP contribution in [0, 0.1) is 0 Å². The summed E-state index contributed by atoms with van der Waals surface area (Å²) in [5.41, 5.74) is 1.20. The van der Waals surface area contributed by atoms with Gasteiger partial charge < -0.3 is 14.6 Å². The van der Waals surface area contributed by atoms with Gasteiger partial charge in [0.15, 0.2) is 5.82 Å². The van der Waals surface area contributed by atoms with Gasteiger partial charge in [-0.2, -0.15) is 4.98 Å². The minimum absolute atomic E-state index is 0.179. The number of nitrogens with zero attached hydrogens (tertiary/aromatic N) is 2. The average Bonchev–Trinajstić information content (AvgIpc) is 2.47. The first kappa shape index (κ1) is 13.8. The highest BCUT2D eigenvalue weighted by Crippen LogP contribution is 2.24. The number of methoxy groups -OCH3 is 2. The number of aliphatic carboxylic acids is 1. The highest BCUT2D eigenvalue weighted by molar-refractivity contribution is 5.71. The van der Waals surface area contributed by atoms with Crippen molar-refractivity contribution in [2.45, 2.75) is 6.42 Å². The van der Waals surface area contributed by atoms with E-state index in [0.717, 1.165) is 5.56 Å². The second-order valence-electron chi connectivity index (χ2n) is 4.03. The molecule has 20 heavy (non-hydrogen) atoms. The fourth-order valence-electron chi connectivity index (χ4n) is 1.75. The van der Waals surface area contributed by atoms with Crippen molar-refractivity contribution in [3.63, 3.8) is 0 Å². The van der Waals surface area contributed by atoms with Gasteiger partial charge in [-0.3, -0.25) is 4.79 Å². The van der Waals surface area contributed by atoms with E-state index in [2.05, 4.69) is 9.97 Å². The van der Waals surface area contributed by atoms with Crippen molar-refractivity contribution in [3.8, 4) is 23.0 Å². The number of carboxylic acids is 1. The van der Waals surface area contributed by atoms with E-state index in [4.69, 9.17) is 14.6 Å². The second kappa shape index (κ2) is 6.01. The van der Waals surface area contributed by atoms with E-state index in [-0.39, 0.29) is 12.3 Å². The third-order valence-corrected chi connectivity index (χ3v) is 2.69. The Morgan fingerprint density at radius 3 is 2.75 bits per heavy atom. The minimum atomic E-state index is -0.957. The number of rotatable bonds is 5. The number of carbonyl (C=O) groups is 1. The Kier molecular flexibility index (Phi) is 4.14. The molecule has 0 atom stereocenters. The second-order valence-corrected chi connectivity index (χ2v) is 4.03. The fourth-order valence-corrected chi connectivity index (χ4v) is 1.75. The predicted molar refractivity (Wildman–Crippen MR) is 71.9 cm³/mol. The molecule has 0 fully saturated rings. The summed E-state index contributed by atoms with van der Waals surface area (Å²) in [7, 11) is 3.03. The highest BCUT2D eigenvalue weighted by Gasteiger charge is 2.12. The minimum Gasteiger partial charge on any atom is -0.497 e. The van der Waals surface area contributed by atoms with Crippen LogP contribution in [-0.4, -0.2) is 35.3 Å². The van der Waals surface area contributed by atoms with Crippen LogP contribution < -0.4 is 9.47 Å². The molecule has 1 aromatic carbocycles. The van der Waals surface area contributed by atoms with Gasteiger partial charge in [-0.25, -0.2) is 4.98 Å². The quantitative estimate of drug-likeness (QED) is 0.895. The largest absolute Gasteiger partial charge is 0.497 e. The van der Waals surface area contributed by atoms with Crippen molar-refractivity contribution >= 4 is 5.97 Å². The standard InChI is InChI=1S/C14H14N2O4/c1-19-11-5-3-4-9(6-11)13-15-8-10(7-12(17)18)14(16-13)20-2/h3-6,8H,7H2,1-2H3,(H,17,18). The molecule has 1 heterocycles. The van der Waals surface area contributed by atoms with Gasteiger partial charge in [-0.15, -0.1) is 0 Å². The summed E-state index contributed by atoms with van der Waals surface area (Å²) in [6.07, 6.45) is 1.29. The van der Waals surface area contributed by atoms with Crippen LogP contribution in [0.15, 0.2) is 30.5 Å². The average molecular weight is 274 g/mol. The Morgan fingerprint density at radius 1 is 1.30 bits per heavy atom. The van der Waals surface area contributed by atoms with Crippen molar-refractivity contribution in [2.24, 2.45) is 0 Å². The molecule has 0 unspecified atom stereocenters. The van der Waals surface area contributed by atoms with Crippen LogP contribution in [0.2, 0.25) is 0 Å². The summed E-state index contributed by atoms with van der Waals surface area (Å²) in [6.45, 7) is 0. The normalized spacial score (nSPS) is 10.1. The molecule has 1 N–H and O–H groups in total. The third-order valence-electron chi connectivity index (χ3n) is 2.69. The van der Waals surface area contributed by atoms with E-state index in [1.54, 1.807) is 13.2 Å². The molecule has 0 aliphatic heterocycles. The summed E-state index contributed by atoms with van der Waals surface area (Å²) in [4.78, 5) is 19.2. The number of hydrogen-bond donors (Lipinski definition) is 1. The zero-order valence-corrected chi connectivity index (χ0v) is 11.2. The first-order valence-electron chi connectivity index (χ1n) is 5.90. The van der Waals surface area contributed by atoms with E-state index in [0.29, 0.717) is 17.1 Å². The van der Waals surface area contributed by atoms with Gasteiger partial charge in [-0.1, -0.05) is 12.1 Å². The zero-order valence-electron chi connectivity index (χ0n) is 11.2. The molecular weight excluding hydrogens is 260 g/mol. The summed E-state index contributed by atoms with van der Waals surface area (Å²) in [5, 5.41) is 8.81. The molecule has 0 bridgehead atoms. The molecular formula is C14H14N2O4. The SMILES string of the molecule is COc1cccc(-c2ncc(CC(=O)O)c(OC)n2)c1. The molecule has 6 nitrogen and oxygen atoms in total. The van der Waals surface area contributed by atoms with Crippen molar-refractivity contribution in [1.29, 1.82) is 0 Å². The van der Waals surface area contributed by atoms with Crippen LogP contribution in [0.1, 0.15) is 5.56 Å². The molecule has 0 aliphatic carbocycles. The Morgan fingerprint density at radius 2 is 2.10 bits per heavy atom. The van der Waals surface area contributed by atoms with Crippen LogP contribution in [-0.2, 0) is 11.2 Å². The van der Waals surface area contributed by atoms with Gasteiger partial charge in [-0.05, 0) is 12.1 Å². The number of carboxylic acid groups (broad SMARTS) is 1. The lowest BCUT2D eigenvalue weighted by Gasteiger charge is -2.08. The van der Waals surface area contributed by atoms with E-state index < -0.39 is 5.97 Å². The molecule has 1 aromatic heterocycles. The number of hydrogen-bond acceptors (Lipinski definition) is 5. The first-order chi connectivity index (χ1) is 9.63. The van der Waals surface area contributed by atoms with Crippen molar-refractivity contribution < 1.29 is 19.4 Å². The Balaban J connectivity index is 2.40. The molecule has 0 saturated carbocycles. The van der Waals surface area contributed by atoms with E-state index in [9.17, 15) is 4.79 Å². The van der Waals surface area contributed by atoms with Gasteiger partial charge >= 0.3 is 5.97 Å². The molecule has 2 rings (SSSR count). The Hall–Kier alpha value is -2.63. The fraction of sp³-hybridized carbons (Fsp3) is 0.214. The topological polar surface area (TPSA) is 81.5 Å². The van der Waals surface area contributed by atoms with Gasteiger partial charge in [0.2, 0.25) is 5.88 Å². The maximum atomic E-state index is 10.7. The predicted octanol–water partition coefficient (Wildman–Crippen LogP) is 1.79. The maximum Gasteiger partial charge on any atom is 0.308 e. The molecule has 104 valence electrons. The van der Waals surface area contributed by atoms with Gasteiger partial charge in [0.1, 0.15) is 5.75 Å². The van der Waals surface area contributed by atoms with Crippen LogP contribution in [0.4, 0.5) is 0 Å². The van der Waals surface area contributed by atoms with Crippen molar-refractivity contribution in [1.82, 2.24) is 9.97 Å². The molecule has 0 amide bonds. The van der Waals surface area contributed by atoms with Gasteiger partial charge in [0, 0.05) is 17.3 Å². The zero-order chi connectivity index (χ0) is 14.5. The third kappa shape index (κ3) is 3.03. The maximum absolute atomic E-state index is 10.7. The number of benzene rings is 1. The summed E-state index contributed by atoms with van der Waals surface area (Å²) < 4.78 is 10.3. The van der Waals surface area contributed by atoms with E-state index in [1.807, 2.05) is 18.2 Å². The van der Waals surface area contributed by atoms with Crippen LogP contribution >= 0.6 is 0 Å². The monoisotopic (exact) mass is 274 g/mol. The van der Waals surface area contributed by atoms with E-state index in [1.165, 1.54) is 13.3 Å². The van der Waals surface area contributed by atoms with Crippen LogP contribution in [0.3, 0.4) is 0 Å². The van der Waals surface area contributed by atoms with Crippen LogP contribution in [0.5, 0.6) is 11.6 Å². The molecule has 0 spiro atoms. The molecule has 0 saturated heterocycles. The number of aromatic nitrogens is 2. The molecule has 2 aromatic rings. The Bertz CT molecular complexity index is 628. The smallest absolute Gasteiger partial charge is 0.308 e. The van der Waals surface area contributed by atoms with Crippen molar-refractivity contribution in [2.75, 3.05) is 14.2 Å². The summed E-state index contributed by atoms with van der Waals surface area (Å²) in [6, 6.07) is 7.29. The first-order valence-corrected chi connectivity index (χ1v) is 5.90. The number of ether oxygens (including phenoxy) is 2. The highest BCUT2D eigenvalue weighted by atomic mass is 16.5. The van der Waals surface area contributed by atoms with Crippen molar-refractivity contribution in [3.05, 3.63) is 36.0 Å². The molecule has 0 radical (unpaired) electrons. The van der Waals surface area contributed by atoms with Gasteiger partial charge in [0.05, 0.1) is 20.6 Å². The molecule has 6 heteroatoms.